The van der Waals surface area contributed by atoms with Crippen LogP contribution < -0.4 is 21.3 Å². The lowest BCUT2D eigenvalue weighted by atomic mass is 9.97. The van der Waals surface area contributed by atoms with Gasteiger partial charge in [-0.1, -0.05) is 49.8 Å². The Morgan fingerprint density at radius 2 is 1.73 bits per heavy atom. The van der Waals surface area contributed by atoms with Crippen LogP contribution in [0.2, 0.25) is 0 Å². The number of amides is 4. The van der Waals surface area contributed by atoms with Crippen LogP contribution in [-0.4, -0.2) is 65.8 Å². The topological polar surface area (TPSA) is 169 Å². The molecule has 1 heterocycles. The van der Waals surface area contributed by atoms with Crippen LogP contribution in [0.3, 0.4) is 0 Å². The number of hydrogen-bond acceptors (Lipinski definition) is 8. The van der Waals surface area contributed by atoms with Crippen molar-refractivity contribution in [2.24, 2.45) is 11.8 Å². The molecule has 12 nitrogen and oxygen atoms in total. The normalized spacial score (nSPS) is 17.5. The third kappa shape index (κ3) is 12.6. The Balaban J connectivity index is 2.21. The van der Waals surface area contributed by atoms with Gasteiger partial charge in [0.05, 0.1) is 5.92 Å². The van der Waals surface area contributed by atoms with Crippen LogP contribution in [0.5, 0.6) is 0 Å². The van der Waals surface area contributed by atoms with E-state index >= 15 is 0 Å². The van der Waals surface area contributed by atoms with Crippen molar-refractivity contribution in [1.82, 2.24) is 21.3 Å². The summed E-state index contributed by atoms with van der Waals surface area (Å²) in [4.78, 5) is 76.4. The summed E-state index contributed by atoms with van der Waals surface area (Å²) in [6.07, 6.45) is 3.59. The lowest BCUT2D eigenvalue weighted by molar-refractivity contribution is -0.161. The molecular formula is C32H46N4O8. The van der Waals surface area contributed by atoms with Gasteiger partial charge in [0.2, 0.25) is 17.7 Å². The molecule has 0 saturated carbocycles. The second-order valence-corrected chi connectivity index (χ2v) is 12.0. The molecular weight excluding hydrogens is 568 g/mol. The van der Waals surface area contributed by atoms with E-state index in [4.69, 9.17) is 9.47 Å². The summed E-state index contributed by atoms with van der Waals surface area (Å²) < 4.78 is 10.7. The van der Waals surface area contributed by atoms with Crippen molar-refractivity contribution in [3.8, 4) is 0 Å². The maximum Gasteiger partial charge on any atom is 0.408 e. The first-order valence-corrected chi connectivity index (χ1v) is 15.0. The van der Waals surface area contributed by atoms with E-state index < -0.39 is 53.5 Å². The SMILES string of the molecule is CCC[C@H](NC(=O)[C@@H](NC(=O)OCc1ccccc1)C(C)C(=O)OC(C)(C)C)C(=O)N[C@H](/C=C/C(C)=O)C[C@@H]1CCNC1=O. The molecule has 1 aromatic rings. The van der Waals surface area contributed by atoms with Crippen molar-refractivity contribution in [3.63, 3.8) is 0 Å². The molecule has 12 heteroatoms. The number of carbonyl (C=O) groups is 6. The van der Waals surface area contributed by atoms with Crippen molar-refractivity contribution in [2.75, 3.05) is 6.54 Å². The van der Waals surface area contributed by atoms with Gasteiger partial charge in [0.1, 0.15) is 24.3 Å². The Morgan fingerprint density at radius 1 is 1.05 bits per heavy atom. The first-order valence-electron chi connectivity index (χ1n) is 15.0. The zero-order chi connectivity index (χ0) is 32.9. The number of benzene rings is 1. The molecule has 0 bridgehead atoms. The van der Waals surface area contributed by atoms with Crippen molar-refractivity contribution >= 4 is 35.6 Å². The summed E-state index contributed by atoms with van der Waals surface area (Å²) in [5, 5.41) is 10.7. The monoisotopic (exact) mass is 614 g/mol. The van der Waals surface area contributed by atoms with Gasteiger partial charge < -0.3 is 30.7 Å². The summed E-state index contributed by atoms with van der Waals surface area (Å²) >= 11 is 0. The summed E-state index contributed by atoms with van der Waals surface area (Å²) in [6, 6.07) is 5.85. The summed E-state index contributed by atoms with van der Waals surface area (Å²) in [6.45, 7) is 10.2. The van der Waals surface area contributed by atoms with E-state index in [0.717, 1.165) is 5.56 Å². The number of nitrogens with one attached hydrogen (secondary N) is 4. The van der Waals surface area contributed by atoms with Crippen LogP contribution in [0.25, 0.3) is 0 Å². The lowest BCUT2D eigenvalue weighted by Crippen LogP contribution is -2.57. The van der Waals surface area contributed by atoms with Gasteiger partial charge in [-0.25, -0.2) is 4.79 Å². The Kier molecular flexibility index (Phi) is 14.0. The highest BCUT2D eigenvalue weighted by Crippen LogP contribution is 2.18. The maximum absolute atomic E-state index is 13.6. The van der Waals surface area contributed by atoms with E-state index in [1.165, 1.54) is 26.0 Å². The molecule has 0 spiro atoms. The fraction of sp³-hybridized carbons (Fsp3) is 0.562. The molecule has 1 fully saturated rings. The molecule has 4 N–H and O–H groups in total. The van der Waals surface area contributed by atoms with Gasteiger partial charge in [-0.2, -0.15) is 0 Å². The molecule has 2 rings (SSSR count). The Hall–Kier alpha value is -4.22. The summed E-state index contributed by atoms with van der Waals surface area (Å²) in [7, 11) is 0. The van der Waals surface area contributed by atoms with Crippen LogP contribution >= 0.6 is 0 Å². The highest BCUT2D eigenvalue weighted by atomic mass is 16.6. The first-order chi connectivity index (χ1) is 20.7. The van der Waals surface area contributed by atoms with Crippen molar-refractivity contribution in [3.05, 3.63) is 48.0 Å². The van der Waals surface area contributed by atoms with Crippen LogP contribution in [0.1, 0.15) is 72.8 Å². The van der Waals surface area contributed by atoms with Crippen LogP contribution in [0, 0.1) is 11.8 Å². The zero-order valence-electron chi connectivity index (χ0n) is 26.4. The van der Waals surface area contributed by atoms with Gasteiger partial charge in [-0.05, 0) is 65.5 Å². The van der Waals surface area contributed by atoms with Gasteiger partial charge in [0, 0.05) is 18.5 Å². The molecule has 44 heavy (non-hydrogen) atoms. The quantitative estimate of drug-likeness (QED) is 0.173. The third-order valence-electron chi connectivity index (χ3n) is 6.85. The highest BCUT2D eigenvalue weighted by Gasteiger charge is 2.37. The number of ether oxygens (including phenoxy) is 2. The fourth-order valence-electron chi connectivity index (χ4n) is 4.56. The molecule has 1 unspecified atom stereocenters. The van der Waals surface area contributed by atoms with Crippen LogP contribution in [0.4, 0.5) is 4.79 Å². The van der Waals surface area contributed by atoms with Gasteiger partial charge >= 0.3 is 12.1 Å². The largest absolute Gasteiger partial charge is 0.460 e. The minimum Gasteiger partial charge on any atom is -0.460 e. The molecule has 1 aliphatic rings. The number of carbonyl (C=O) groups excluding carboxylic acids is 6. The number of allylic oxidation sites excluding steroid dienone is 1. The predicted molar refractivity (Wildman–Crippen MR) is 163 cm³/mol. The van der Waals surface area contributed by atoms with Crippen LogP contribution in [0.15, 0.2) is 42.5 Å². The Labute approximate surface area is 259 Å². The predicted octanol–water partition coefficient (Wildman–Crippen LogP) is 2.70. The Morgan fingerprint density at radius 3 is 2.30 bits per heavy atom. The van der Waals surface area contributed by atoms with Gasteiger partial charge in [0.15, 0.2) is 5.78 Å². The highest BCUT2D eigenvalue weighted by molar-refractivity contribution is 5.94. The van der Waals surface area contributed by atoms with Crippen molar-refractivity contribution in [1.29, 1.82) is 0 Å². The van der Waals surface area contributed by atoms with Crippen LogP contribution in [-0.2, 0) is 40.1 Å². The molecule has 4 amide bonds. The number of hydrogen-bond donors (Lipinski definition) is 4. The smallest absolute Gasteiger partial charge is 0.408 e. The van der Waals surface area contributed by atoms with Crippen molar-refractivity contribution < 1.29 is 38.2 Å². The first kappa shape index (κ1) is 36.0. The number of esters is 1. The minimum atomic E-state index is -1.42. The van der Waals surface area contributed by atoms with E-state index in [2.05, 4.69) is 21.3 Å². The average molecular weight is 615 g/mol. The molecule has 1 aromatic carbocycles. The number of rotatable bonds is 15. The lowest BCUT2D eigenvalue weighted by Gasteiger charge is -2.28. The number of alkyl carbamates (subject to hydrolysis) is 1. The van der Waals surface area contributed by atoms with Gasteiger partial charge in [-0.3, -0.25) is 24.0 Å². The average Bonchev–Trinajstić information content (AvgIpc) is 3.36. The van der Waals surface area contributed by atoms with E-state index in [0.29, 0.717) is 19.4 Å². The molecule has 5 atom stereocenters. The standard InChI is InChI=1S/C32H46N4O8/c1-7-11-25(28(39)34-24(15-14-20(2)37)18-23-16-17-33-27(23)38)35-29(40)26(21(3)30(41)44-32(4,5)6)36-31(42)43-19-22-12-9-8-10-13-22/h8-10,12-15,21,23-26H,7,11,16-19H2,1-6H3,(H,33,38)(H,34,39)(H,35,40)(H,36,42)/b15-14+/t21?,23-,24+,25-,26-/m0/s1. The number of ketones is 1. The summed E-state index contributed by atoms with van der Waals surface area (Å²) in [5.74, 6) is -3.84. The fourth-order valence-corrected chi connectivity index (χ4v) is 4.56. The molecule has 242 valence electrons. The zero-order valence-corrected chi connectivity index (χ0v) is 26.4. The molecule has 0 aromatic heterocycles. The van der Waals surface area contributed by atoms with E-state index in [1.807, 2.05) is 13.0 Å². The third-order valence-corrected chi connectivity index (χ3v) is 6.85. The second-order valence-electron chi connectivity index (χ2n) is 12.0. The van der Waals surface area contributed by atoms with E-state index in [9.17, 15) is 28.8 Å². The minimum absolute atomic E-state index is 0.0586. The molecule has 1 aliphatic heterocycles. The van der Waals surface area contributed by atoms with E-state index in [1.54, 1.807) is 45.0 Å². The van der Waals surface area contributed by atoms with E-state index in [-0.39, 0.29) is 37.1 Å². The molecule has 1 saturated heterocycles. The second kappa shape index (κ2) is 17.2. The molecule has 0 aliphatic carbocycles. The molecule has 0 radical (unpaired) electrons. The summed E-state index contributed by atoms with van der Waals surface area (Å²) in [5.41, 5.74) is -0.115. The maximum atomic E-state index is 13.6. The van der Waals surface area contributed by atoms with Gasteiger partial charge in [-0.15, -0.1) is 0 Å². The van der Waals surface area contributed by atoms with Crippen molar-refractivity contribution in [2.45, 2.75) is 97.6 Å². The van der Waals surface area contributed by atoms with Gasteiger partial charge in [0.25, 0.3) is 0 Å². The Bertz CT molecular complexity index is 1190.